The number of carbonyl (C=O) groups excluding carboxylic acids is 1. The Labute approximate surface area is 372 Å². The zero-order valence-electron chi connectivity index (χ0n) is 34.7. The number of carbonyl (C=O) groups is 2. The zero-order valence-corrected chi connectivity index (χ0v) is 35.6. The molecule has 0 aliphatic heterocycles. The van der Waals surface area contributed by atoms with Gasteiger partial charge in [-0.15, -0.1) is 22.6 Å². The smallest absolute Gasteiger partial charge is 0.358 e. The number of amides is 1. The maximum atomic E-state index is 12.7. The molecular weight excluding hydrogens is 836 g/mol. The summed E-state index contributed by atoms with van der Waals surface area (Å²) in [5.74, 6) is 1.26. The number of hydrogen-bond donors (Lipinski definition) is 5. The highest BCUT2D eigenvalue weighted by Gasteiger charge is 2.28. The van der Waals surface area contributed by atoms with Crippen LogP contribution < -0.4 is 22.5 Å². The number of carboxylic acids is 1. The highest BCUT2D eigenvalue weighted by Crippen LogP contribution is 2.41. The van der Waals surface area contributed by atoms with Gasteiger partial charge in [0, 0.05) is 43.2 Å². The fourth-order valence-electron chi connectivity index (χ4n) is 8.43. The Morgan fingerprint density at radius 3 is 1.70 bits per heavy atom. The molecule has 0 spiro atoms. The Morgan fingerprint density at radius 2 is 1.17 bits per heavy atom. The Morgan fingerprint density at radius 1 is 0.656 bits per heavy atom. The minimum absolute atomic E-state index is 0. The number of anilines is 2. The molecule has 8 aromatic heterocycles. The maximum Gasteiger partial charge on any atom is 0.358 e. The second-order valence-corrected chi connectivity index (χ2v) is 16.6. The maximum absolute atomic E-state index is 12.7. The lowest BCUT2D eigenvalue weighted by molar-refractivity contribution is 0.0690. The zero-order chi connectivity index (χ0) is 43.2. The average Bonchev–Trinajstić information content (AvgIpc) is 3.88. The fourth-order valence-corrected chi connectivity index (χ4v) is 8.43. The van der Waals surface area contributed by atoms with Crippen LogP contribution in [0.2, 0.25) is 0 Å². The van der Waals surface area contributed by atoms with Gasteiger partial charge in [0.15, 0.2) is 11.4 Å². The number of hydrogen-bond acceptors (Lipinski definition) is 13. The molecule has 2 fully saturated rings. The number of carboxylic acid groups (broad SMARTS) is 1. The summed E-state index contributed by atoms with van der Waals surface area (Å²) in [5.41, 5.74) is 28.3. The van der Waals surface area contributed by atoms with Gasteiger partial charge in [-0.3, -0.25) is 4.79 Å². The van der Waals surface area contributed by atoms with Gasteiger partial charge in [0.2, 0.25) is 0 Å². The summed E-state index contributed by atoms with van der Waals surface area (Å²) < 4.78 is 7.19. The number of nitrogen functional groups attached to an aromatic ring is 2. The van der Waals surface area contributed by atoms with Crippen LogP contribution in [0.5, 0.6) is 0 Å². The minimum atomic E-state index is -1.08. The Balaban J connectivity index is 0.000000135. The van der Waals surface area contributed by atoms with Crippen LogP contribution in [0.1, 0.15) is 128 Å². The van der Waals surface area contributed by atoms with Crippen molar-refractivity contribution >= 4 is 47.2 Å². The van der Waals surface area contributed by atoms with Crippen molar-refractivity contribution in [3.05, 3.63) is 142 Å². The summed E-state index contributed by atoms with van der Waals surface area (Å²) in [6.07, 6.45) is 23.4. The van der Waals surface area contributed by atoms with E-state index in [1.54, 1.807) is 23.3 Å². The molecule has 0 aromatic carbocycles. The van der Waals surface area contributed by atoms with Crippen molar-refractivity contribution in [2.75, 3.05) is 11.5 Å². The normalized spacial score (nSPS) is 17.1. The molecule has 0 saturated heterocycles. The van der Waals surface area contributed by atoms with E-state index in [1.807, 2.05) is 35.0 Å². The third-order valence-corrected chi connectivity index (χ3v) is 12.0. The quantitative estimate of drug-likeness (QED) is 0.130. The van der Waals surface area contributed by atoms with Crippen molar-refractivity contribution in [3.8, 4) is 0 Å². The van der Waals surface area contributed by atoms with Gasteiger partial charge in [0.25, 0.3) is 5.91 Å². The first kappa shape index (κ1) is 42.1. The van der Waals surface area contributed by atoms with Crippen molar-refractivity contribution < 1.29 is 14.7 Å². The fraction of sp³-hybridized carbons (Fsp3) is 0.318. The van der Waals surface area contributed by atoms with Crippen LogP contribution in [0.15, 0.2) is 86.0 Å². The number of pyridine rings is 4. The molecule has 4 aliphatic rings. The minimum Gasteiger partial charge on any atom is -0.476 e. The highest BCUT2D eigenvalue weighted by molar-refractivity contribution is 5.92. The van der Waals surface area contributed by atoms with Gasteiger partial charge in [-0.05, 0) is 121 Å². The average molecular weight is 883 g/mol. The molecule has 2 atom stereocenters. The van der Waals surface area contributed by atoms with Crippen LogP contribution in [0.25, 0.3) is 11.3 Å². The molecule has 8 heterocycles. The molecular formula is C44H47ClN16O3. The van der Waals surface area contributed by atoms with Crippen molar-refractivity contribution in [1.29, 1.82) is 0 Å². The van der Waals surface area contributed by atoms with Crippen molar-refractivity contribution in [2.24, 2.45) is 5.73 Å². The first-order valence-corrected chi connectivity index (χ1v) is 21.1. The van der Waals surface area contributed by atoms with Crippen LogP contribution >= 0.6 is 12.4 Å². The molecule has 8 aromatic rings. The van der Waals surface area contributed by atoms with E-state index >= 15 is 0 Å². The van der Waals surface area contributed by atoms with Crippen molar-refractivity contribution in [3.63, 3.8) is 0 Å². The predicted octanol–water partition coefficient (Wildman–Crippen LogP) is 4.83. The van der Waals surface area contributed by atoms with Crippen LogP contribution in [-0.2, 0) is 25.9 Å². The van der Waals surface area contributed by atoms with E-state index in [2.05, 4.69) is 80.9 Å². The summed E-state index contributed by atoms with van der Waals surface area (Å²) in [4.78, 5) is 40.8. The highest BCUT2D eigenvalue weighted by atomic mass is 35.5. The topological polar surface area (TPSA) is 266 Å². The van der Waals surface area contributed by atoms with Crippen molar-refractivity contribution in [2.45, 2.75) is 88.4 Å². The van der Waals surface area contributed by atoms with Gasteiger partial charge >= 0.3 is 5.97 Å². The molecule has 0 radical (unpaired) electrons. The van der Waals surface area contributed by atoms with Gasteiger partial charge in [0.05, 0.1) is 42.9 Å². The van der Waals surface area contributed by atoms with Gasteiger partial charge in [0.1, 0.15) is 22.9 Å². The second kappa shape index (κ2) is 17.5. The largest absolute Gasteiger partial charge is 0.476 e. The summed E-state index contributed by atoms with van der Waals surface area (Å²) in [7, 11) is 0. The summed E-state index contributed by atoms with van der Waals surface area (Å²) in [6, 6.07) is 12.3. The Bertz CT molecular complexity index is 3000. The lowest BCUT2D eigenvalue weighted by Crippen LogP contribution is -2.27. The second-order valence-electron chi connectivity index (χ2n) is 16.6. The first-order chi connectivity index (χ1) is 30.6. The van der Waals surface area contributed by atoms with Crippen LogP contribution in [0.4, 0.5) is 11.6 Å². The molecule has 2 unspecified atom stereocenters. The SMILES string of the molecule is Cl.Nc1nccc2c1CCC2N.Nc1nccc2c1CCC2NC(=O)c1cn(Cc2cn3cc(C4CC4)ccc3n2)nn1.O=C(O)c1cn(Cc2cn3cc(C4CC4)ccc3n2)nn1. The molecule has 328 valence electrons. The molecule has 12 rings (SSSR count). The molecule has 64 heavy (non-hydrogen) atoms. The number of fused-ring (bicyclic) bond motifs is 4. The molecule has 0 bridgehead atoms. The van der Waals surface area contributed by atoms with Crippen LogP contribution in [0, 0.1) is 0 Å². The molecule has 2 saturated carbocycles. The third-order valence-electron chi connectivity index (χ3n) is 12.0. The lowest BCUT2D eigenvalue weighted by Gasteiger charge is -2.13. The number of nitrogens with two attached hydrogens (primary N) is 3. The lowest BCUT2D eigenvalue weighted by atomic mass is 10.1. The van der Waals surface area contributed by atoms with E-state index in [-0.39, 0.29) is 41.8 Å². The van der Waals surface area contributed by atoms with E-state index in [4.69, 9.17) is 22.3 Å². The van der Waals surface area contributed by atoms with Crippen LogP contribution in [0.3, 0.4) is 0 Å². The van der Waals surface area contributed by atoms with Crippen LogP contribution in [-0.4, -0.2) is 75.7 Å². The van der Waals surface area contributed by atoms with E-state index in [0.29, 0.717) is 36.6 Å². The van der Waals surface area contributed by atoms with Crippen molar-refractivity contribution in [1.82, 2.24) is 64.0 Å². The summed E-state index contributed by atoms with van der Waals surface area (Å²) >= 11 is 0. The van der Waals surface area contributed by atoms with E-state index in [0.717, 1.165) is 65.1 Å². The molecule has 8 N–H and O–H groups in total. The molecule has 4 aliphatic carbocycles. The third kappa shape index (κ3) is 8.98. The number of nitrogens with zero attached hydrogens (tertiary/aromatic N) is 12. The standard InChI is InChI=1S/C22H22N8O.C14H13N5O2.C8H11N3.ClH/c23-21-17-4-5-18(16(17)7-8-24-21)26-22(31)19-12-30(28-27-19)11-15-10-29-9-14(13-1-2-13)3-6-20(29)25-15;20-14(21)12-8-19(17-16-12)7-11-6-18-5-10(9-1-2-9)3-4-13(18)15-11;9-7-2-1-6-5(7)3-4-11-8(6)10;/h3,6-10,12-13,18H,1-2,4-5,11H2,(H2,23,24)(H,26,31);3-6,8-9H,1-2,7H2,(H,20,21);3-4,7H,1-2,9H2,(H2,10,11);1H. The molecule has 20 heteroatoms. The monoisotopic (exact) mass is 882 g/mol. The number of nitrogens with one attached hydrogen (secondary N) is 1. The number of aromatic carboxylic acids is 1. The van der Waals surface area contributed by atoms with Gasteiger partial charge in [-0.2, -0.15) is 0 Å². The molecule has 19 nitrogen and oxygen atoms in total. The van der Waals surface area contributed by atoms with E-state index in [1.165, 1.54) is 53.3 Å². The summed E-state index contributed by atoms with van der Waals surface area (Å²) in [6.45, 7) is 0.857. The van der Waals surface area contributed by atoms with Gasteiger partial charge in [-0.25, -0.2) is 34.1 Å². The number of imidazole rings is 2. The molecule has 1 amide bonds. The van der Waals surface area contributed by atoms with E-state index < -0.39 is 5.97 Å². The van der Waals surface area contributed by atoms with Gasteiger partial charge in [-0.1, -0.05) is 22.6 Å². The Hall–Kier alpha value is -7.25. The summed E-state index contributed by atoms with van der Waals surface area (Å²) in [5, 5.41) is 27.4. The number of aromatic nitrogens is 12. The Kier molecular flexibility index (Phi) is 11.5. The number of rotatable bonds is 9. The first-order valence-electron chi connectivity index (χ1n) is 21.1. The van der Waals surface area contributed by atoms with E-state index in [9.17, 15) is 9.59 Å². The van der Waals surface area contributed by atoms with Gasteiger partial charge < -0.3 is 36.4 Å². The number of halogens is 1. The predicted molar refractivity (Wildman–Crippen MR) is 238 cm³/mol.